The third-order valence-electron chi connectivity index (χ3n) is 15.4. The molecule has 12 aromatic rings. The Morgan fingerprint density at radius 2 is 1.23 bits per heavy atom. The van der Waals surface area contributed by atoms with Gasteiger partial charge in [0.15, 0.2) is 7.28 Å². The summed E-state index contributed by atoms with van der Waals surface area (Å²) >= 11 is 1.91. The maximum atomic E-state index is 6.77. The minimum Gasteiger partial charge on any atom is -0.456 e. The van der Waals surface area contributed by atoms with Gasteiger partial charge in [0, 0.05) is 86.7 Å². The zero-order chi connectivity index (χ0) is 44.6. The summed E-state index contributed by atoms with van der Waals surface area (Å²) in [6.07, 6.45) is 2.31. The fourth-order valence-electron chi connectivity index (χ4n) is 11.8. The van der Waals surface area contributed by atoms with Gasteiger partial charge in [-0.25, -0.2) is 0 Å². The normalized spacial score (nSPS) is 15.4. The summed E-state index contributed by atoms with van der Waals surface area (Å²) in [4.78, 5) is 0. The van der Waals surface area contributed by atoms with Gasteiger partial charge in [0.05, 0.1) is 5.52 Å². The summed E-state index contributed by atoms with van der Waals surface area (Å²) in [7, 11) is 2.48. The van der Waals surface area contributed by atoms with Crippen LogP contribution in [0.1, 0.15) is 78.0 Å². The fraction of sp³-hybridized carbons (Fsp3) is 0.200. The molecular weight excluding hydrogens is 824 g/mol. The third-order valence-corrected chi connectivity index (χ3v) is 16.6. The van der Waals surface area contributed by atoms with Crippen LogP contribution in [0, 0.1) is 0 Å². The number of para-hydroxylation sites is 2. The number of nitrogens with one attached hydrogen (secondary N) is 1. The van der Waals surface area contributed by atoms with Gasteiger partial charge < -0.3 is 18.7 Å². The lowest BCUT2D eigenvalue weighted by Crippen LogP contribution is -2.37. The molecule has 0 unspecified atom stereocenters. The number of thiophene rings is 1. The molecule has 0 saturated carbocycles. The van der Waals surface area contributed by atoms with Crippen LogP contribution in [-0.2, 0) is 16.2 Å². The van der Waals surface area contributed by atoms with E-state index < -0.39 is 0 Å². The highest BCUT2D eigenvalue weighted by Gasteiger charge is 2.39. The van der Waals surface area contributed by atoms with E-state index in [0.717, 1.165) is 79.3 Å². The molecule has 1 N–H and O–H groups in total. The smallest absolute Gasteiger partial charge is 0.198 e. The van der Waals surface area contributed by atoms with Crippen molar-refractivity contribution in [1.82, 2.24) is 4.57 Å². The Labute approximate surface area is 388 Å². The Balaban J connectivity index is 1.17. The van der Waals surface area contributed by atoms with E-state index in [4.69, 9.17) is 8.83 Å². The first kappa shape index (κ1) is 38.5. The van der Waals surface area contributed by atoms with E-state index >= 15 is 0 Å². The van der Waals surface area contributed by atoms with E-state index in [-0.39, 0.29) is 16.2 Å². The molecule has 8 aromatic carbocycles. The lowest BCUT2D eigenvalue weighted by Gasteiger charge is -2.42. The maximum Gasteiger partial charge on any atom is 0.198 e. The van der Waals surface area contributed by atoms with Crippen LogP contribution in [0.3, 0.4) is 0 Å². The molecule has 4 aromatic heterocycles. The second-order valence-corrected chi connectivity index (χ2v) is 22.5. The molecule has 0 saturated heterocycles. The quantitative estimate of drug-likeness (QED) is 0.180. The second kappa shape index (κ2) is 13.0. The highest BCUT2D eigenvalue weighted by Crippen LogP contribution is 2.53. The highest BCUT2D eigenvalue weighted by atomic mass is 32.1. The van der Waals surface area contributed by atoms with Crippen molar-refractivity contribution in [3.63, 3.8) is 0 Å². The molecule has 14 rings (SSSR count). The molecule has 4 nitrogen and oxygen atoms in total. The zero-order valence-electron chi connectivity index (χ0n) is 38.4. The van der Waals surface area contributed by atoms with Crippen LogP contribution in [0.15, 0.2) is 142 Å². The molecule has 66 heavy (non-hydrogen) atoms. The summed E-state index contributed by atoms with van der Waals surface area (Å²) in [5.41, 5.74) is 18.4. The Bertz CT molecular complexity index is 4090. The van der Waals surface area contributed by atoms with Gasteiger partial charge in [-0.05, 0) is 111 Å². The minimum absolute atomic E-state index is 0.0358. The average molecular weight is 872 g/mol. The van der Waals surface area contributed by atoms with Crippen molar-refractivity contribution in [3.8, 4) is 16.8 Å². The van der Waals surface area contributed by atoms with Crippen molar-refractivity contribution in [1.29, 1.82) is 0 Å². The number of aromatic nitrogens is 1. The Kier molecular flexibility index (Phi) is 7.58. The standard InChI is InChI=1S/C60H48BN2O2S/c1-58(2,3)32-20-22-33(23-21-32)62-44-28-38-35-15-9-12-18-48(35)64-49(38)29-39(44)54-55-56-52(53-36-16-10-13-19-51(36)66-57(53)54)40-26-41-42(60(6,7)25-24-59(41,4)5)30-45(40)63(56)46-31-50-37(27-43(46)61-55)34-14-8-11-17-47(34)65-50/h8-23,26-31,62H,24-25H2,1-7H3. The van der Waals surface area contributed by atoms with Crippen LogP contribution in [0.4, 0.5) is 11.4 Å². The SMILES string of the molecule is CC(C)(C)c1ccc(Nc2cc3c(cc2-c2c4c5c(c6cc7c(cc6n5-c5cc6oc8ccccc8c6cc5[B]4)C(C)(C)CCC7(C)C)c4c2sc2ccccc24)oc2ccccc23)cc1. The molecule has 0 bridgehead atoms. The van der Waals surface area contributed by atoms with Gasteiger partial charge >= 0.3 is 0 Å². The number of hydrogen-bond acceptors (Lipinski definition) is 4. The largest absolute Gasteiger partial charge is 0.456 e. The molecule has 6 heteroatoms. The van der Waals surface area contributed by atoms with Crippen LogP contribution < -0.4 is 16.2 Å². The van der Waals surface area contributed by atoms with Crippen molar-refractivity contribution in [3.05, 3.63) is 150 Å². The number of fused-ring (bicyclic) bond motifs is 16. The summed E-state index contributed by atoms with van der Waals surface area (Å²) in [6.45, 7) is 16.6. The van der Waals surface area contributed by atoms with Gasteiger partial charge in [-0.15, -0.1) is 11.3 Å². The third kappa shape index (κ3) is 5.28. The lowest BCUT2D eigenvalue weighted by molar-refractivity contribution is 0.332. The lowest BCUT2D eigenvalue weighted by atomic mass is 9.58. The van der Waals surface area contributed by atoms with Crippen LogP contribution in [0.2, 0.25) is 0 Å². The van der Waals surface area contributed by atoms with Crippen LogP contribution in [0.5, 0.6) is 0 Å². The Hall–Kier alpha value is -6.76. The van der Waals surface area contributed by atoms with Gasteiger partial charge in [0.2, 0.25) is 0 Å². The van der Waals surface area contributed by atoms with Gasteiger partial charge in [-0.1, -0.05) is 127 Å². The van der Waals surface area contributed by atoms with Gasteiger partial charge in [0.1, 0.15) is 22.3 Å². The molecule has 1 aliphatic heterocycles. The molecule has 1 aliphatic carbocycles. The molecule has 0 amide bonds. The second-order valence-electron chi connectivity index (χ2n) is 21.4. The predicted molar refractivity (Wildman–Crippen MR) is 282 cm³/mol. The van der Waals surface area contributed by atoms with Crippen molar-refractivity contribution in [2.45, 2.75) is 77.6 Å². The van der Waals surface area contributed by atoms with E-state index in [1.54, 1.807) is 0 Å². The van der Waals surface area contributed by atoms with Crippen molar-refractivity contribution >= 4 is 127 Å². The fourth-order valence-corrected chi connectivity index (χ4v) is 13.0. The summed E-state index contributed by atoms with van der Waals surface area (Å²) in [6, 6.07) is 49.4. The number of benzene rings is 8. The summed E-state index contributed by atoms with van der Waals surface area (Å²) in [5, 5.41) is 13.7. The van der Waals surface area contributed by atoms with Crippen LogP contribution in [0.25, 0.3) is 103 Å². The Morgan fingerprint density at radius 3 is 1.92 bits per heavy atom. The molecular formula is C60H48BN2O2S. The van der Waals surface area contributed by atoms with E-state index in [1.807, 2.05) is 11.3 Å². The van der Waals surface area contributed by atoms with Crippen molar-refractivity contribution < 1.29 is 8.83 Å². The molecule has 2 aliphatic rings. The number of rotatable bonds is 3. The van der Waals surface area contributed by atoms with E-state index in [2.05, 4.69) is 199 Å². The van der Waals surface area contributed by atoms with Crippen LogP contribution in [-0.4, -0.2) is 11.8 Å². The molecule has 1 radical (unpaired) electrons. The predicted octanol–water partition coefficient (Wildman–Crippen LogP) is 16.0. The van der Waals surface area contributed by atoms with E-state index in [9.17, 15) is 0 Å². The maximum absolute atomic E-state index is 6.77. The van der Waals surface area contributed by atoms with Gasteiger partial charge in [-0.2, -0.15) is 0 Å². The summed E-state index contributed by atoms with van der Waals surface area (Å²) in [5.74, 6) is 0. The van der Waals surface area contributed by atoms with Gasteiger partial charge in [-0.3, -0.25) is 0 Å². The monoisotopic (exact) mass is 871 g/mol. The van der Waals surface area contributed by atoms with E-state index in [1.165, 1.54) is 75.2 Å². The number of anilines is 2. The topological polar surface area (TPSA) is 43.2 Å². The first-order valence-electron chi connectivity index (χ1n) is 23.4. The summed E-state index contributed by atoms with van der Waals surface area (Å²) < 4.78 is 18.6. The highest BCUT2D eigenvalue weighted by molar-refractivity contribution is 7.26. The first-order chi connectivity index (χ1) is 31.8. The Morgan fingerprint density at radius 1 is 0.606 bits per heavy atom. The van der Waals surface area contributed by atoms with Crippen molar-refractivity contribution in [2.24, 2.45) is 0 Å². The average Bonchev–Trinajstić information content (AvgIpc) is 4.06. The zero-order valence-corrected chi connectivity index (χ0v) is 39.2. The first-order valence-corrected chi connectivity index (χ1v) is 24.3. The number of hydrogen-bond donors (Lipinski definition) is 1. The van der Waals surface area contributed by atoms with E-state index in [0.29, 0.717) is 0 Å². The molecule has 0 fully saturated rings. The molecule has 0 atom stereocenters. The minimum atomic E-state index is 0.0358. The molecule has 319 valence electrons. The van der Waals surface area contributed by atoms with Crippen molar-refractivity contribution in [2.75, 3.05) is 5.32 Å². The van der Waals surface area contributed by atoms with Gasteiger partial charge in [0.25, 0.3) is 0 Å². The number of furan rings is 2. The molecule has 0 spiro atoms. The number of nitrogens with zero attached hydrogens (tertiary/aromatic N) is 1. The molecule has 5 heterocycles. The van der Waals surface area contributed by atoms with Crippen LogP contribution >= 0.6 is 11.3 Å².